The summed E-state index contributed by atoms with van der Waals surface area (Å²) in [5.41, 5.74) is 0.632. The average molecular weight is 524 g/mol. The van der Waals surface area contributed by atoms with E-state index in [0.717, 1.165) is 28.4 Å². The first-order valence-electron chi connectivity index (χ1n) is 10.5. The van der Waals surface area contributed by atoms with E-state index in [9.17, 15) is 13.2 Å². The molecule has 1 aliphatic rings. The van der Waals surface area contributed by atoms with Crippen LogP contribution in [0.2, 0.25) is 0 Å². The monoisotopic (exact) mass is 523 g/mol. The number of aryl methyl sites for hydroxylation is 1. The largest absolute Gasteiger partial charge is 0.488 e. The molecule has 0 unspecified atom stereocenters. The summed E-state index contributed by atoms with van der Waals surface area (Å²) in [5.74, 6) is 0.105. The fourth-order valence-electron chi connectivity index (χ4n) is 3.48. The molecule has 1 heterocycles. The van der Waals surface area contributed by atoms with Gasteiger partial charge in [-0.15, -0.1) is 0 Å². The van der Waals surface area contributed by atoms with Crippen molar-refractivity contribution in [3.63, 3.8) is 0 Å². The summed E-state index contributed by atoms with van der Waals surface area (Å²) in [5, 5.41) is 0. The van der Waals surface area contributed by atoms with Gasteiger partial charge in [0, 0.05) is 11.0 Å². The fourth-order valence-corrected chi connectivity index (χ4v) is 5.17. The second-order valence-electron chi connectivity index (χ2n) is 9.62. The van der Waals surface area contributed by atoms with E-state index in [-0.39, 0.29) is 23.6 Å². The molecule has 3 rings (SSSR count). The van der Waals surface area contributed by atoms with Gasteiger partial charge >= 0.3 is 5.97 Å². The SMILES string of the molecule is CC(C)(C)OC(=O)CN(Cc1ccc(Br)cc1)S(=O)(=O)c1ccc2c(c1)CCC(C)(C)O2. The fraction of sp³-hybridized carbons (Fsp3) is 0.458. The lowest BCUT2D eigenvalue weighted by atomic mass is 9.94. The lowest BCUT2D eigenvalue weighted by Crippen LogP contribution is -2.38. The number of benzene rings is 2. The first-order chi connectivity index (χ1) is 14.7. The van der Waals surface area contributed by atoms with Crippen LogP contribution in [0.25, 0.3) is 0 Å². The van der Waals surface area contributed by atoms with E-state index in [4.69, 9.17) is 9.47 Å². The minimum atomic E-state index is -3.96. The normalized spacial score (nSPS) is 15.7. The number of carbonyl (C=O) groups is 1. The Kier molecular flexibility index (Phi) is 7.08. The summed E-state index contributed by atoms with van der Waals surface area (Å²) in [6, 6.07) is 12.2. The maximum Gasteiger partial charge on any atom is 0.321 e. The van der Waals surface area contributed by atoms with Crippen molar-refractivity contribution >= 4 is 31.9 Å². The molecule has 174 valence electrons. The highest BCUT2D eigenvalue weighted by molar-refractivity contribution is 9.10. The molecule has 0 bridgehead atoms. The molecule has 2 aromatic rings. The van der Waals surface area contributed by atoms with Gasteiger partial charge in [0.25, 0.3) is 0 Å². The van der Waals surface area contributed by atoms with Gasteiger partial charge in [-0.05, 0) is 88.9 Å². The van der Waals surface area contributed by atoms with Crippen molar-refractivity contribution in [3.05, 3.63) is 58.1 Å². The third kappa shape index (κ3) is 6.33. The number of carbonyl (C=O) groups excluding carboxylic acids is 1. The van der Waals surface area contributed by atoms with Gasteiger partial charge in [0.2, 0.25) is 10.0 Å². The Labute approximate surface area is 199 Å². The van der Waals surface area contributed by atoms with Crippen molar-refractivity contribution in [1.29, 1.82) is 0 Å². The Morgan fingerprint density at radius 3 is 2.44 bits per heavy atom. The van der Waals surface area contributed by atoms with E-state index in [1.807, 2.05) is 38.1 Å². The van der Waals surface area contributed by atoms with Crippen molar-refractivity contribution in [1.82, 2.24) is 4.31 Å². The minimum Gasteiger partial charge on any atom is -0.488 e. The number of halogens is 1. The van der Waals surface area contributed by atoms with Crippen LogP contribution in [0.15, 0.2) is 51.8 Å². The van der Waals surface area contributed by atoms with Gasteiger partial charge in [0.05, 0.1) is 4.90 Å². The van der Waals surface area contributed by atoms with E-state index in [1.54, 1.807) is 39.0 Å². The molecule has 0 fully saturated rings. The molecule has 1 aliphatic heterocycles. The third-order valence-electron chi connectivity index (χ3n) is 5.05. The molecular formula is C24H30BrNO5S. The van der Waals surface area contributed by atoms with E-state index in [0.29, 0.717) is 5.75 Å². The van der Waals surface area contributed by atoms with Crippen molar-refractivity contribution in [2.45, 2.75) is 70.1 Å². The molecule has 0 saturated carbocycles. The van der Waals surface area contributed by atoms with E-state index in [2.05, 4.69) is 15.9 Å². The zero-order chi connectivity index (χ0) is 23.7. The van der Waals surface area contributed by atoms with Crippen LogP contribution >= 0.6 is 15.9 Å². The Hall–Kier alpha value is -1.90. The van der Waals surface area contributed by atoms with Crippen molar-refractivity contribution in [3.8, 4) is 5.75 Å². The highest BCUT2D eigenvalue weighted by Gasteiger charge is 2.32. The first kappa shape index (κ1) is 24.7. The van der Waals surface area contributed by atoms with Gasteiger partial charge in [-0.2, -0.15) is 4.31 Å². The molecule has 0 N–H and O–H groups in total. The smallest absolute Gasteiger partial charge is 0.321 e. The summed E-state index contributed by atoms with van der Waals surface area (Å²) in [7, 11) is -3.96. The molecule has 0 spiro atoms. The molecule has 6 nitrogen and oxygen atoms in total. The lowest BCUT2D eigenvalue weighted by Gasteiger charge is -2.33. The highest BCUT2D eigenvalue weighted by atomic mass is 79.9. The first-order valence-corrected chi connectivity index (χ1v) is 12.8. The van der Waals surface area contributed by atoms with E-state index < -0.39 is 21.6 Å². The number of rotatable bonds is 6. The number of nitrogens with zero attached hydrogens (tertiary/aromatic N) is 1. The number of fused-ring (bicyclic) bond motifs is 1. The summed E-state index contributed by atoms with van der Waals surface area (Å²) in [6.07, 6.45) is 1.52. The van der Waals surface area contributed by atoms with Gasteiger partial charge < -0.3 is 9.47 Å². The maximum atomic E-state index is 13.6. The molecule has 0 aliphatic carbocycles. The van der Waals surface area contributed by atoms with Gasteiger partial charge in [-0.1, -0.05) is 28.1 Å². The predicted molar refractivity (Wildman–Crippen MR) is 127 cm³/mol. The average Bonchev–Trinajstić information content (AvgIpc) is 2.66. The summed E-state index contributed by atoms with van der Waals surface area (Å²) in [6.45, 7) is 8.96. The highest BCUT2D eigenvalue weighted by Crippen LogP contribution is 2.35. The number of hydrogen-bond donors (Lipinski definition) is 0. The number of ether oxygens (including phenoxy) is 2. The Morgan fingerprint density at radius 2 is 1.81 bits per heavy atom. The Morgan fingerprint density at radius 1 is 1.16 bits per heavy atom. The van der Waals surface area contributed by atoms with Crippen LogP contribution in [0.1, 0.15) is 52.2 Å². The molecule has 0 atom stereocenters. The summed E-state index contributed by atoms with van der Waals surface area (Å²) < 4.78 is 40.6. The van der Waals surface area contributed by atoms with Crippen LogP contribution < -0.4 is 4.74 Å². The standard InChI is InChI=1S/C24H30BrNO5S/c1-23(2,3)31-22(27)16-26(15-17-6-8-19(25)9-7-17)32(28,29)20-10-11-21-18(14-20)12-13-24(4,5)30-21/h6-11,14H,12-13,15-16H2,1-5H3. The Bertz CT molecular complexity index is 1090. The minimum absolute atomic E-state index is 0.0511. The van der Waals surface area contributed by atoms with Crippen molar-refractivity contribution in [2.24, 2.45) is 0 Å². The van der Waals surface area contributed by atoms with Gasteiger partial charge in [0.15, 0.2) is 0 Å². The van der Waals surface area contributed by atoms with Crippen LogP contribution in [-0.2, 0) is 32.5 Å². The van der Waals surface area contributed by atoms with Crippen LogP contribution in [0.3, 0.4) is 0 Å². The molecule has 0 amide bonds. The molecule has 0 saturated heterocycles. The zero-order valence-electron chi connectivity index (χ0n) is 19.1. The molecule has 0 aromatic heterocycles. The van der Waals surface area contributed by atoms with E-state index in [1.165, 1.54) is 4.31 Å². The number of hydrogen-bond acceptors (Lipinski definition) is 5. The molecular weight excluding hydrogens is 494 g/mol. The van der Waals surface area contributed by atoms with Crippen molar-refractivity contribution < 1.29 is 22.7 Å². The van der Waals surface area contributed by atoms with Gasteiger partial charge in [-0.25, -0.2) is 8.42 Å². The quantitative estimate of drug-likeness (QED) is 0.493. The summed E-state index contributed by atoms with van der Waals surface area (Å²) >= 11 is 3.39. The maximum absolute atomic E-state index is 13.6. The van der Waals surface area contributed by atoms with Crippen LogP contribution in [0.5, 0.6) is 5.75 Å². The van der Waals surface area contributed by atoms with Gasteiger partial charge in [-0.3, -0.25) is 4.79 Å². The van der Waals surface area contributed by atoms with Crippen molar-refractivity contribution in [2.75, 3.05) is 6.54 Å². The number of esters is 1. The molecule has 8 heteroatoms. The zero-order valence-corrected chi connectivity index (χ0v) is 21.5. The predicted octanol–water partition coefficient (Wildman–Crippen LogP) is 5.09. The molecule has 32 heavy (non-hydrogen) atoms. The second-order valence-corrected chi connectivity index (χ2v) is 12.5. The summed E-state index contributed by atoms with van der Waals surface area (Å²) in [4.78, 5) is 12.7. The van der Waals surface area contributed by atoms with E-state index >= 15 is 0 Å². The molecule has 0 radical (unpaired) electrons. The second kappa shape index (κ2) is 9.15. The third-order valence-corrected chi connectivity index (χ3v) is 7.37. The number of sulfonamides is 1. The lowest BCUT2D eigenvalue weighted by molar-refractivity contribution is -0.155. The Balaban J connectivity index is 1.93. The van der Waals surface area contributed by atoms with Gasteiger partial charge in [0.1, 0.15) is 23.5 Å². The van der Waals surface area contributed by atoms with Crippen LogP contribution in [0, 0.1) is 0 Å². The van der Waals surface area contributed by atoms with Crippen LogP contribution in [0.4, 0.5) is 0 Å². The molecule has 2 aromatic carbocycles. The topological polar surface area (TPSA) is 72.9 Å². The van der Waals surface area contributed by atoms with Crippen LogP contribution in [-0.4, -0.2) is 36.4 Å².